The Kier molecular flexibility index (Phi) is 6.69. The minimum atomic E-state index is -0.645. The van der Waals surface area contributed by atoms with E-state index in [4.69, 9.17) is 10.7 Å². The molecule has 168 valence electrons. The number of hydrogen-bond acceptors (Lipinski definition) is 4. The lowest BCUT2D eigenvalue weighted by Gasteiger charge is -2.36. The van der Waals surface area contributed by atoms with E-state index in [1.165, 1.54) is 51.4 Å². The number of amides is 2. The predicted molar refractivity (Wildman–Crippen MR) is 119 cm³/mol. The van der Waals surface area contributed by atoms with Crippen molar-refractivity contribution in [3.05, 3.63) is 0 Å². The standard InChI is InChI=1S/C24H40N4O2/c1-28-22(30)24(27-23(28)25,12-10-17-6-3-2-4-7-17)16-19-9-5-8-18(14-19)15-20-11-13-26-21(20)29/h17-20H,2-16H2,1H3,(H2,25,27)(H,26,29)/t18-,19-,20-,24-/m1/s1. The zero-order valence-corrected chi connectivity index (χ0v) is 18.7. The summed E-state index contributed by atoms with van der Waals surface area (Å²) in [6.07, 6.45) is 16.1. The van der Waals surface area contributed by atoms with Crippen LogP contribution < -0.4 is 11.1 Å². The van der Waals surface area contributed by atoms with Crippen molar-refractivity contribution in [3.8, 4) is 0 Å². The van der Waals surface area contributed by atoms with Crippen LogP contribution in [-0.4, -0.2) is 41.8 Å². The van der Waals surface area contributed by atoms with E-state index in [9.17, 15) is 9.59 Å². The van der Waals surface area contributed by atoms with Crippen molar-refractivity contribution in [2.24, 2.45) is 34.4 Å². The predicted octanol–water partition coefficient (Wildman–Crippen LogP) is 3.60. The SMILES string of the molecule is CN1C(=O)[C@@](CCC2CCCCC2)(C[C@@H]2CCC[C@@H](C[C@H]3CCNC3=O)C2)N=C1N. The van der Waals surface area contributed by atoms with Gasteiger partial charge in [-0.05, 0) is 56.3 Å². The van der Waals surface area contributed by atoms with Crippen molar-refractivity contribution < 1.29 is 9.59 Å². The van der Waals surface area contributed by atoms with Gasteiger partial charge in [0.05, 0.1) is 0 Å². The molecule has 6 heteroatoms. The highest BCUT2D eigenvalue weighted by atomic mass is 16.2. The summed E-state index contributed by atoms with van der Waals surface area (Å²) >= 11 is 0. The number of nitrogens with one attached hydrogen (secondary N) is 1. The summed E-state index contributed by atoms with van der Waals surface area (Å²) in [5.74, 6) is 2.78. The first-order chi connectivity index (χ1) is 14.5. The van der Waals surface area contributed by atoms with Gasteiger partial charge in [-0.3, -0.25) is 14.5 Å². The number of carbonyl (C=O) groups is 2. The molecule has 3 fully saturated rings. The summed E-state index contributed by atoms with van der Waals surface area (Å²) in [5.41, 5.74) is 5.47. The molecule has 4 atom stereocenters. The minimum Gasteiger partial charge on any atom is -0.369 e. The van der Waals surface area contributed by atoms with Gasteiger partial charge in [-0.15, -0.1) is 0 Å². The van der Waals surface area contributed by atoms with Crippen molar-refractivity contribution in [3.63, 3.8) is 0 Å². The average Bonchev–Trinajstić information content (AvgIpc) is 3.24. The highest BCUT2D eigenvalue weighted by molar-refractivity contribution is 6.06. The zero-order chi connectivity index (χ0) is 21.1. The second kappa shape index (κ2) is 9.27. The van der Waals surface area contributed by atoms with E-state index in [-0.39, 0.29) is 17.7 Å². The van der Waals surface area contributed by atoms with Gasteiger partial charge in [0.15, 0.2) is 5.96 Å². The molecular weight excluding hydrogens is 376 g/mol. The highest BCUT2D eigenvalue weighted by Gasteiger charge is 2.48. The molecule has 0 unspecified atom stereocenters. The molecule has 2 heterocycles. The van der Waals surface area contributed by atoms with Crippen LogP contribution in [-0.2, 0) is 9.59 Å². The lowest BCUT2D eigenvalue weighted by atomic mass is 9.71. The van der Waals surface area contributed by atoms with Crippen LogP contribution in [0.5, 0.6) is 0 Å². The van der Waals surface area contributed by atoms with Gasteiger partial charge in [0.1, 0.15) is 5.54 Å². The number of guanidine groups is 1. The van der Waals surface area contributed by atoms with Crippen molar-refractivity contribution >= 4 is 17.8 Å². The Hall–Kier alpha value is -1.59. The number of nitrogens with zero attached hydrogens (tertiary/aromatic N) is 2. The molecule has 0 spiro atoms. The highest BCUT2D eigenvalue weighted by Crippen LogP contribution is 2.43. The van der Waals surface area contributed by atoms with Crippen LogP contribution in [0.25, 0.3) is 0 Å². The van der Waals surface area contributed by atoms with Gasteiger partial charge in [-0.2, -0.15) is 0 Å². The van der Waals surface area contributed by atoms with E-state index in [1.807, 2.05) is 0 Å². The summed E-state index contributed by atoms with van der Waals surface area (Å²) in [4.78, 5) is 31.7. The average molecular weight is 417 g/mol. The largest absolute Gasteiger partial charge is 0.369 e. The first-order valence-electron chi connectivity index (χ1n) is 12.4. The summed E-state index contributed by atoms with van der Waals surface area (Å²) < 4.78 is 0. The summed E-state index contributed by atoms with van der Waals surface area (Å²) in [6, 6.07) is 0. The quantitative estimate of drug-likeness (QED) is 0.665. The molecule has 2 amide bonds. The molecule has 0 aromatic rings. The molecule has 2 aliphatic carbocycles. The molecule has 30 heavy (non-hydrogen) atoms. The van der Waals surface area contributed by atoms with E-state index in [0.717, 1.165) is 51.0 Å². The maximum Gasteiger partial charge on any atom is 0.257 e. The number of nitrogens with two attached hydrogens (primary N) is 1. The van der Waals surface area contributed by atoms with Crippen LogP contribution in [0.2, 0.25) is 0 Å². The topological polar surface area (TPSA) is 87.8 Å². The maximum absolute atomic E-state index is 13.3. The Labute approximate surface area is 181 Å². The number of hydrogen-bond donors (Lipinski definition) is 2. The van der Waals surface area contributed by atoms with Crippen LogP contribution in [0, 0.1) is 23.7 Å². The van der Waals surface area contributed by atoms with Crippen LogP contribution in [0.1, 0.15) is 89.9 Å². The Morgan fingerprint density at radius 3 is 2.43 bits per heavy atom. The van der Waals surface area contributed by atoms with Gasteiger partial charge in [0, 0.05) is 19.5 Å². The van der Waals surface area contributed by atoms with E-state index < -0.39 is 5.54 Å². The molecule has 6 nitrogen and oxygen atoms in total. The van der Waals surface area contributed by atoms with Gasteiger partial charge in [0.2, 0.25) is 5.91 Å². The Morgan fingerprint density at radius 2 is 1.77 bits per heavy atom. The molecule has 0 aromatic carbocycles. The van der Waals surface area contributed by atoms with Gasteiger partial charge in [-0.1, -0.05) is 51.4 Å². The van der Waals surface area contributed by atoms with E-state index >= 15 is 0 Å². The summed E-state index contributed by atoms with van der Waals surface area (Å²) in [5, 5.41) is 2.98. The second-order valence-electron chi connectivity index (χ2n) is 10.5. The second-order valence-corrected chi connectivity index (χ2v) is 10.5. The van der Waals surface area contributed by atoms with E-state index in [2.05, 4.69) is 5.32 Å². The molecule has 4 rings (SSSR count). The molecule has 0 bridgehead atoms. The van der Waals surface area contributed by atoms with Gasteiger partial charge in [-0.25, -0.2) is 4.99 Å². The Balaban J connectivity index is 1.40. The molecular formula is C24H40N4O2. The monoisotopic (exact) mass is 416 g/mol. The molecule has 3 N–H and O–H groups in total. The fraction of sp³-hybridized carbons (Fsp3) is 0.875. The van der Waals surface area contributed by atoms with Crippen LogP contribution in [0.3, 0.4) is 0 Å². The molecule has 2 aliphatic heterocycles. The van der Waals surface area contributed by atoms with Crippen LogP contribution in [0.15, 0.2) is 4.99 Å². The van der Waals surface area contributed by atoms with E-state index in [1.54, 1.807) is 11.9 Å². The zero-order valence-electron chi connectivity index (χ0n) is 18.7. The third-order valence-corrected chi connectivity index (χ3v) is 8.36. The molecule has 0 aromatic heterocycles. The van der Waals surface area contributed by atoms with Crippen molar-refractivity contribution in [2.45, 2.75) is 95.4 Å². The molecule has 1 saturated heterocycles. The van der Waals surface area contributed by atoms with Gasteiger partial charge in [0.25, 0.3) is 5.91 Å². The number of carbonyl (C=O) groups excluding carboxylic acids is 2. The number of rotatable bonds is 7. The maximum atomic E-state index is 13.3. The number of aliphatic imine (C=N–C) groups is 1. The third-order valence-electron chi connectivity index (χ3n) is 8.36. The summed E-state index contributed by atoms with van der Waals surface area (Å²) in [7, 11) is 1.77. The van der Waals surface area contributed by atoms with Crippen molar-refractivity contribution in [1.29, 1.82) is 0 Å². The van der Waals surface area contributed by atoms with Crippen LogP contribution >= 0.6 is 0 Å². The lowest BCUT2D eigenvalue weighted by molar-refractivity contribution is -0.131. The third kappa shape index (κ3) is 4.67. The summed E-state index contributed by atoms with van der Waals surface area (Å²) in [6.45, 7) is 0.832. The van der Waals surface area contributed by atoms with E-state index in [0.29, 0.717) is 17.8 Å². The van der Waals surface area contributed by atoms with Crippen molar-refractivity contribution in [1.82, 2.24) is 10.2 Å². The van der Waals surface area contributed by atoms with Crippen LogP contribution in [0.4, 0.5) is 0 Å². The number of likely N-dealkylation sites (N-methyl/N-ethyl adjacent to an activating group) is 1. The molecule has 2 saturated carbocycles. The Bertz CT molecular complexity index is 672. The fourth-order valence-corrected chi connectivity index (χ4v) is 6.63. The van der Waals surface area contributed by atoms with Gasteiger partial charge >= 0.3 is 0 Å². The fourth-order valence-electron chi connectivity index (χ4n) is 6.63. The molecule has 0 radical (unpaired) electrons. The first-order valence-corrected chi connectivity index (χ1v) is 12.4. The van der Waals surface area contributed by atoms with Crippen molar-refractivity contribution in [2.75, 3.05) is 13.6 Å². The van der Waals surface area contributed by atoms with Gasteiger partial charge < -0.3 is 11.1 Å². The lowest BCUT2D eigenvalue weighted by Crippen LogP contribution is -2.44. The molecule has 4 aliphatic rings. The smallest absolute Gasteiger partial charge is 0.257 e. The first kappa shape index (κ1) is 21.6. The Morgan fingerprint density at radius 1 is 1.03 bits per heavy atom. The minimum absolute atomic E-state index is 0.105. The normalized spacial score (nSPS) is 35.6.